The van der Waals surface area contributed by atoms with E-state index in [0.29, 0.717) is 5.69 Å². The van der Waals surface area contributed by atoms with E-state index in [9.17, 15) is 9.59 Å². The molecule has 1 heterocycles. The zero-order valence-corrected chi connectivity index (χ0v) is 16.0. The molecule has 0 radical (unpaired) electrons. The molecule has 0 fully saturated rings. The lowest BCUT2D eigenvalue weighted by atomic mass is 10.1. The van der Waals surface area contributed by atoms with Crippen LogP contribution in [0.3, 0.4) is 0 Å². The molecule has 3 rings (SSSR count). The molecule has 2 aromatic carbocycles. The van der Waals surface area contributed by atoms with E-state index in [2.05, 4.69) is 20.9 Å². The third kappa shape index (κ3) is 4.17. The third-order valence-electron chi connectivity index (χ3n) is 4.30. The molecule has 0 spiro atoms. The predicted octanol–water partition coefficient (Wildman–Crippen LogP) is 2.68. The molecule has 0 atom stereocenters. The van der Waals surface area contributed by atoms with Gasteiger partial charge in [0.25, 0.3) is 5.91 Å². The Labute approximate surface area is 162 Å². The zero-order chi connectivity index (χ0) is 20.3. The summed E-state index contributed by atoms with van der Waals surface area (Å²) in [6.07, 6.45) is 0. The van der Waals surface area contributed by atoms with E-state index in [-0.39, 0.29) is 24.0 Å². The number of hydrogen-bond donors (Lipinski definition) is 3. The Bertz CT molecular complexity index is 1020. The lowest BCUT2D eigenvalue weighted by molar-refractivity contribution is -0.116. The standard InChI is InChI=1S/C20H22N6O2/c1-12-6-4-9-15(10-12)22-20(28)18-19(21)26(25-24-18)11-16(27)23-17-13(2)7-5-8-14(17)3/h4-10H,11,21H2,1-3H3,(H,22,28)(H,23,27). The summed E-state index contributed by atoms with van der Waals surface area (Å²) >= 11 is 0. The molecule has 3 aromatic rings. The van der Waals surface area contributed by atoms with Crippen molar-refractivity contribution >= 4 is 29.0 Å². The first-order valence-corrected chi connectivity index (χ1v) is 8.78. The van der Waals surface area contributed by atoms with Crippen molar-refractivity contribution in [2.24, 2.45) is 0 Å². The summed E-state index contributed by atoms with van der Waals surface area (Å²) in [4.78, 5) is 24.8. The fourth-order valence-electron chi connectivity index (χ4n) is 2.84. The monoisotopic (exact) mass is 378 g/mol. The molecule has 144 valence electrons. The lowest BCUT2D eigenvalue weighted by Gasteiger charge is -2.11. The predicted molar refractivity (Wildman–Crippen MR) is 108 cm³/mol. The van der Waals surface area contributed by atoms with Gasteiger partial charge in [-0.3, -0.25) is 9.59 Å². The summed E-state index contributed by atoms with van der Waals surface area (Å²) < 4.78 is 1.20. The smallest absolute Gasteiger partial charge is 0.280 e. The highest BCUT2D eigenvalue weighted by molar-refractivity contribution is 6.05. The minimum absolute atomic E-state index is 0.0265. The maximum Gasteiger partial charge on any atom is 0.280 e. The van der Waals surface area contributed by atoms with E-state index in [4.69, 9.17) is 5.73 Å². The van der Waals surface area contributed by atoms with Crippen molar-refractivity contribution in [3.05, 3.63) is 64.8 Å². The zero-order valence-electron chi connectivity index (χ0n) is 16.0. The van der Waals surface area contributed by atoms with Gasteiger partial charge in [0.05, 0.1) is 0 Å². The van der Waals surface area contributed by atoms with Gasteiger partial charge in [-0.05, 0) is 49.6 Å². The van der Waals surface area contributed by atoms with E-state index in [1.165, 1.54) is 4.68 Å². The maximum atomic E-state index is 12.4. The number of nitrogens with one attached hydrogen (secondary N) is 2. The molecule has 1 aromatic heterocycles. The molecule has 8 heteroatoms. The molecular weight excluding hydrogens is 356 g/mol. The van der Waals surface area contributed by atoms with Crippen molar-refractivity contribution in [1.82, 2.24) is 15.0 Å². The molecule has 8 nitrogen and oxygen atoms in total. The number of aromatic nitrogens is 3. The van der Waals surface area contributed by atoms with Crippen LogP contribution in [0, 0.1) is 20.8 Å². The molecule has 28 heavy (non-hydrogen) atoms. The second kappa shape index (κ2) is 7.91. The highest BCUT2D eigenvalue weighted by Gasteiger charge is 2.19. The Kier molecular flexibility index (Phi) is 5.39. The van der Waals surface area contributed by atoms with E-state index in [1.807, 2.05) is 57.2 Å². The van der Waals surface area contributed by atoms with Crippen molar-refractivity contribution in [3.63, 3.8) is 0 Å². The van der Waals surface area contributed by atoms with Crippen LogP contribution in [-0.4, -0.2) is 26.8 Å². The molecular formula is C20H22N6O2. The number of para-hydroxylation sites is 1. The molecule has 4 N–H and O–H groups in total. The van der Waals surface area contributed by atoms with E-state index >= 15 is 0 Å². The molecule has 0 aliphatic rings. The maximum absolute atomic E-state index is 12.4. The van der Waals surface area contributed by atoms with Crippen molar-refractivity contribution in [3.8, 4) is 0 Å². The highest BCUT2D eigenvalue weighted by atomic mass is 16.2. The first-order chi connectivity index (χ1) is 13.3. The molecule has 0 bridgehead atoms. The molecule has 0 unspecified atom stereocenters. The van der Waals surface area contributed by atoms with Gasteiger partial charge in [0.1, 0.15) is 6.54 Å². The van der Waals surface area contributed by atoms with Crippen LogP contribution in [0.2, 0.25) is 0 Å². The molecule has 2 amide bonds. The Hall–Kier alpha value is -3.68. The van der Waals surface area contributed by atoms with Gasteiger partial charge in [-0.25, -0.2) is 4.68 Å². The minimum atomic E-state index is -0.482. The minimum Gasteiger partial charge on any atom is -0.382 e. The average Bonchev–Trinajstić information content (AvgIpc) is 2.99. The summed E-state index contributed by atoms with van der Waals surface area (Å²) in [5.74, 6) is -0.758. The second-order valence-electron chi connectivity index (χ2n) is 6.62. The quantitative estimate of drug-likeness (QED) is 0.631. The number of benzene rings is 2. The van der Waals surface area contributed by atoms with Gasteiger partial charge in [0.15, 0.2) is 11.5 Å². The van der Waals surface area contributed by atoms with Gasteiger partial charge in [-0.1, -0.05) is 35.5 Å². The largest absolute Gasteiger partial charge is 0.382 e. The number of carbonyl (C=O) groups is 2. The van der Waals surface area contributed by atoms with Gasteiger partial charge in [-0.15, -0.1) is 5.10 Å². The normalized spacial score (nSPS) is 10.5. The molecule has 0 aliphatic heterocycles. The number of anilines is 3. The van der Waals surface area contributed by atoms with Crippen LogP contribution in [0.5, 0.6) is 0 Å². The summed E-state index contributed by atoms with van der Waals surface area (Å²) in [6, 6.07) is 13.1. The van der Waals surface area contributed by atoms with Crippen LogP contribution in [0.4, 0.5) is 17.2 Å². The van der Waals surface area contributed by atoms with Crippen molar-refractivity contribution in [1.29, 1.82) is 0 Å². The first kappa shape index (κ1) is 19.1. The van der Waals surface area contributed by atoms with Gasteiger partial charge in [0, 0.05) is 11.4 Å². The van der Waals surface area contributed by atoms with Crippen LogP contribution in [0.25, 0.3) is 0 Å². The van der Waals surface area contributed by atoms with Crippen molar-refractivity contribution in [2.75, 3.05) is 16.4 Å². The van der Waals surface area contributed by atoms with Gasteiger partial charge in [-0.2, -0.15) is 0 Å². The average molecular weight is 378 g/mol. The van der Waals surface area contributed by atoms with Crippen molar-refractivity contribution in [2.45, 2.75) is 27.3 Å². The third-order valence-corrected chi connectivity index (χ3v) is 4.30. The number of hydrogen-bond acceptors (Lipinski definition) is 5. The molecule has 0 saturated carbocycles. The van der Waals surface area contributed by atoms with E-state index in [0.717, 1.165) is 22.4 Å². The van der Waals surface area contributed by atoms with Gasteiger partial charge < -0.3 is 16.4 Å². The van der Waals surface area contributed by atoms with Crippen LogP contribution < -0.4 is 16.4 Å². The highest BCUT2D eigenvalue weighted by Crippen LogP contribution is 2.20. The Morgan fingerprint density at radius 1 is 1.04 bits per heavy atom. The van der Waals surface area contributed by atoms with Crippen molar-refractivity contribution < 1.29 is 9.59 Å². The number of nitrogens with zero attached hydrogens (tertiary/aromatic N) is 3. The Morgan fingerprint density at radius 2 is 1.71 bits per heavy atom. The fraction of sp³-hybridized carbons (Fsp3) is 0.200. The van der Waals surface area contributed by atoms with E-state index in [1.54, 1.807) is 6.07 Å². The van der Waals surface area contributed by atoms with Gasteiger partial charge >= 0.3 is 0 Å². The SMILES string of the molecule is Cc1cccc(NC(=O)c2nnn(CC(=O)Nc3c(C)cccc3C)c2N)c1. The fourth-order valence-corrected chi connectivity index (χ4v) is 2.84. The van der Waals surface area contributed by atoms with Crippen LogP contribution in [-0.2, 0) is 11.3 Å². The molecule has 0 aliphatic carbocycles. The van der Waals surface area contributed by atoms with Crippen LogP contribution in [0.1, 0.15) is 27.2 Å². The number of aryl methyl sites for hydroxylation is 3. The van der Waals surface area contributed by atoms with Crippen LogP contribution in [0.15, 0.2) is 42.5 Å². The summed E-state index contributed by atoms with van der Waals surface area (Å²) in [5.41, 5.74) is 10.3. The number of nitrogen functional groups attached to an aromatic ring is 1. The number of amides is 2. The molecule has 0 saturated heterocycles. The summed E-state index contributed by atoms with van der Waals surface area (Å²) in [6.45, 7) is 5.61. The summed E-state index contributed by atoms with van der Waals surface area (Å²) in [7, 11) is 0. The van der Waals surface area contributed by atoms with Gasteiger partial charge in [0.2, 0.25) is 5.91 Å². The Morgan fingerprint density at radius 3 is 2.39 bits per heavy atom. The topological polar surface area (TPSA) is 115 Å². The van der Waals surface area contributed by atoms with Crippen LogP contribution >= 0.6 is 0 Å². The number of carbonyl (C=O) groups excluding carboxylic acids is 2. The van der Waals surface area contributed by atoms with E-state index < -0.39 is 5.91 Å². The number of rotatable bonds is 5. The second-order valence-corrected chi connectivity index (χ2v) is 6.62. The Balaban J connectivity index is 1.70. The number of nitrogens with two attached hydrogens (primary N) is 1. The first-order valence-electron chi connectivity index (χ1n) is 8.78. The summed E-state index contributed by atoms with van der Waals surface area (Å²) in [5, 5.41) is 13.2. The lowest BCUT2D eigenvalue weighted by Crippen LogP contribution is -2.22.